The summed E-state index contributed by atoms with van der Waals surface area (Å²) in [4.78, 5) is 17.6. The molecular formula is C23H28N2O. The molecule has 3 heteroatoms. The first kappa shape index (κ1) is 17.3. The van der Waals surface area contributed by atoms with Crippen molar-refractivity contribution in [2.75, 3.05) is 19.6 Å². The fraction of sp³-hybridized carbons (Fsp3) is 0.435. The molecule has 2 aromatic rings. The smallest absolute Gasteiger partial charge is 0.239 e. The summed E-state index contributed by atoms with van der Waals surface area (Å²) in [5, 5.41) is 0. The topological polar surface area (TPSA) is 23.6 Å². The molecule has 1 atom stereocenters. The maximum atomic E-state index is 13.1. The summed E-state index contributed by atoms with van der Waals surface area (Å²) in [6.07, 6.45) is 4.30. The summed E-state index contributed by atoms with van der Waals surface area (Å²) >= 11 is 0. The predicted molar refractivity (Wildman–Crippen MR) is 105 cm³/mol. The van der Waals surface area contributed by atoms with Gasteiger partial charge in [-0.05, 0) is 49.3 Å². The molecule has 26 heavy (non-hydrogen) atoms. The van der Waals surface area contributed by atoms with Crippen molar-refractivity contribution in [2.45, 2.75) is 44.2 Å². The second-order valence-electron chi connectivity index (χ2n) is 7.62. The molecule has 0 N–H and O–H groups in total. The molecule has 0 saturated carbocycles. The number of likely N-dealkylation sites (tertiary alicyclic amines) is 2. The third kappa shape index (κ3) is 3.83. The largest absolute Gasteiger partial charge is 0.341 e. The monoisotopic (exact) mass is 348 g/mol. The van der Waals surface area contributed by atoms with E-state index in [1.165, 1.54) is 11.1 Å². The maximum absolute atomic E-state index is 13.1. The van der Waals surface area contributed by atoms with Gasteiger partial charge in [0.15, 0.2) is 0 Å². The summed E-state index contributed by atoms with van der Waals surface area (Å²) in [7, 11) is 0. The molecular weight excluding hydrogens is 320 g/mol. The maximum Gasteiger partial charge on any atom is 0.239 e. The highest BCUT2D eigenvalue weighted by Crippen LogP contribution is 2.29. The molecule has 2 fully saturated rings. The first-order chi connectivity index (χ1) is 12.8. The molecule has 4 rings (SSSR count). The van der Waals surface area contributed by atoms with Crippen LogP contribution >= 0.6 is 0 Å². The Bertz CT molecular complexity index is 708. The average Bonchev–Trinajstić information content (AvgIpc) is 3.17. The number of rotatable bonds is 4. The van der Waals surface area contributed by atoms with Crippen LogP contribution in [-0.4, -0.2) is 41.4 Å². The molecule has 2 aliphatic rings. The molecule has 2 saturated heterocycles. The number of piperidine rings is 1. The van der Waals surface area contributed by atoms with Crippen molar-refractivity contribution >= 4 is 5.91 Å². The van der Waals surface area contributed by atoms with E-state index in [0.29, 0.717) is 11.8 Å². The van der Waals surface area contributed by atoms with E-state index >= 15 is 0 Å². The van der Waals surface area contributed by atoms with Crippen molar-refractivity contribution < 1.29 is 4.79 Å². The van der Waals surface area contributed by atoms with Crippen molar-refractivity contribution in [1.29, 1.82) is 0 Å². The van der Waals surface area contributed by atoms with Crippen molar-refractivity contribution in [2.24, 2.45) is 0 Å². The number of carbonyl (C=O) groups excluding carboxylic acids is 1. The molecule has 2 heterocycles. The van der Waals surface area contributed by atoms with Gasteiger partial charge in [-0.3, -0.25) is 9.69 Å². The van der Waals surface area contributed by atoms with E-state index in [4.69, 9.17) is 0 Å². The van der Waals surface area contributed by atoms with E-state index < -0.39 is 0 Å². The van der Waals surface area contributed by atoms with Gasteiger partial charge in [0.05, 0.1) is 6.04 Å². The molecule has 2 aromatic carbocycles. The van der Waals surface area contributed by atoms with Crippen LogP contribution in [0.2, 0.25) is 0 Å². The first-order valence-corrected chi connectivity index (χ1v) is 9.93. The number of amides is 1. The lowest BCUT2D eigenvalue weighted by Gasteiger charge is -2.35. The molecule has 0 radical (unpaired) electrons. The Hall–Kier alpha value is -2.13. The van der Waals surface area contributed by atoms with Gasteiger partial charge in [0.2, 0.25) is 5.91 Å². The number of nitrogens with zero attached hydrogens (tertiary/aromatic N) is 2. The predicted octanol–water partition coefficient (Wildman–Crippen LogP) is 4.06. The zero-order chi connectivity index (χ0) is 17.8. The minimum absolute atomic E-state index is 0.0727. The highest BCUT2D eigenvalue weighted by molar-refractivity contribution is 5.82. The van der Waals surface area contributed by atoms with Gasteiger partial charge < -0.3 is 4.90 Å². The lowest BCUT2D eigenvalue weighted by molar-refractivity contribution is -0.137. The van der Waals surface area contributed by atoms with Crippen molar-refractivity contribution in [3.63, 3.8) is 0 Å². The quantitative estimate of drug-likeness (QED) is 0.832. The molecule has 0 bridgehead atoms. The van der Waals surface area contributed by atoms with E-state index in [0.717, 1.165) is 51.9 Å². The number of carbonyl (C=O) groups is 1. The van der Waals surface area contributed by atoms with Gasteiger partial charge in [0.25, 0.3) is 0 Å². The van der Waals surface area contributed by atoms with Gasteiger partial charge >= 0.3 is 0 Å². The Morgan fingerprint density at radius 2 is 1.50 bits per heavy atom. The average molecular weight is 348 g/mol. The lowest BCUT2D eigenvalue weighted by atomic mass is 9.89. The third-order valence-electron chi connectivity index (χ3n) is 5.95. The van der Waals surface area contributed by atoms with Crippen LogP contribution in [0.25, 0.3) is 0 Å². The third-order valence-corrected chi connectivity index (χ3v) is 5.95. The van der Waals surface area contributed by atoms with Crippen molar-refractivity contribution in [1.82, 2.24) is 9.80 Å². The van der Waals surface area contributed by atoms with Gasteiger partial charge in [-0.15, -0.1) is 0 Å². The normalized spacial score (nSPS) is 21.8. The number of hydrogen-bond acceptors (Lipinski definition) is 2. The Balaban J connectivity index is 1.35. The van der Waals surface area contributed by atoms with Crippen molar-refractivity contribution in [3.05, 3.63) is 71.8 Å². The van der Waals surface area contributed by atoms with E-state index in [1.54, 1.807) is 0 Å². The molecule has 2 aliphatic heterocycles. The zero-order valence-corrected chi connectivity index (χ0v) is 15.4. The Morgan fingerprint density at radius 1 is 0.846 bits per heavy atom. The fourth-order valence-corrected chi connectivity index (χ4v) is 4.48. The van der Waals surface area contributed by atoms with Crippen molar-refractivity contribution in [3.8, 4) is 0 Å². The molecule has 0 spiro atoms. The van der Waals surface area contributed by atoms with E-state index in [-0.39, 0.29) is 6.04 Å². The first-order valence-electron chi connectivity index (χ1n) is 9.93. The van der Waals surface area contributed by atoms with Gasteiger partial charge in [-0.25, -0.2) is 0 Å². The molecule has 0 aliphatic carbocycles. The summed E-state index contributed by atoms with van der Waals surface area (Å²) in [6.45, 7) is 3.71. The SMILES string of the molecule is O=C(C1CCCN1Cc1ccccc1)N1CCC(c2ccccc2)CC1. The lowest BCUT2D eigenvalue weighted by Crippen LogP contribution is -2.48. The summed E-state index contributed by atoms with van der Waals surface area (Å²) in [5.41, 5.74) is 2.72. The molecule has 3 nitrogen and oxygen atoms in total. The van der Waals surface area contributed by atoms with E-state index in [1.807, 2.05) is 6.07 Å². The highest BCUT2D eigenvalue weighted by atomic mass is 16.2. The second-order valence-corrected chi connectivity index (χ2v) is 7.62. The molecule has 0 aromatic heterocycles. The van der Waals surface area contributed by atoms with Gasteiger partial charge in [0, 0.05) is 19.6 Å². The number of benzene rings is 2. The second kappa shape index (κ2) is 8.05. The van der Waals surface area contributed by atoms with Gasteiger partial charge in [-0.2, -0.15) is 0 Å². The van der Waals surface area contributed by atoms with Crippen LogP contribution < -0.4 is 0 Å². The Labute approximate surface area is 156 Å². The molecule has 1 amide bonds. The zero-order valence-electron chi connectivity index (χ0n) is 15.4. The van der Waals surface area contributed by atoms with E-state index in [2.05, 4.69) is 64.4 Å². The minimum atomic E-state index is 0.0727. The molecule has 136 valence electrons. The Morgan fingerprint density at radius 3 is 2.19 bits per heavy atom. The van der Waals surface area contributed by atoms with Crippen LogP contribution in [0.1, 0.15) is 42.7 Å². The van der Waals surface area contributed by atoms with Crippen LogP contribution in [0.4, 0.5) is 0 Å². The molecule has 1 unspecified atom stereocenters. The van der Waals surface area contributed by atoms with Gasteiger partial charge in [0.1, 0.15) is 0 Å². The van der Waals surface area contributed by atoms with Crippen LogP contribution in [0.15, 0.2) is 60.7 Å². The minimum Gasteiger partial charge on any atom is -0.341 e. The standard InChI is InChI=1S/C23H28N2O/c26-23(22-12-7-15-25(22)18-19-8-3-1-4-9-19)24-16-13-21(14-17-24)20-10-5-2-6-11-20/h1-6,8-11,21-22H,7,12-18H2. The van der Waals surface area contributed by atoms with Crippen LogP contribution in [0.5, 0.6) is 0 Å². The van der Waals surface area contributed by atoms with Crippen LogP contribution in [-0.2, 0) is 11.3 Å². The van der Waals surface area contributed by atoms with E-state index in [9.17, 15) is 4.79 Å². The highest BCUT2D eigenvalue weighted by Gasteiger charge is 2.35. The number of hydrogen-bond donors (Lipinski definition) is 0. The summed E-state index contributed by atoms with van der Waals surface area (Å²) < 4.78 is 0. The fourth-order valence-electron chi connectivity index (χ4n) is 4.48. The Kier molecular flexibility index (Phi) is 5.35. The summed E-state index contributed by atoms with van der Waals surface area (Å²) in [6, 6.07) is 21.4. The van der Waals surface area contributed by atoms with Gasteiger partial charge in [-0.1, -0.05) is 60.7 Å². The van der Waals surface area contributed by atoms with Crippen LogP contribution in [0.3, 0.4) is 0 Å². The summed E-state index contributed by atoms with van der Waals surface area (Å²) in [5.74, 6) is 0.953. The van der Waals surface area contributed by atoms with Crippen LogP contribution in [0, 0.1) is 0 Å².